The van der Waals surface area contributed by atoms with Crippen molar-refractivity contribution in [3.05, 3.63) is 68.9 Å². The van der Waals surface area contributed by atoms with Crippen molar-refractivity contribution in [2.24, 2.45) is 5.41 Å². The lowest BCUT2D eigenvalue weighted by molar-refractivity contribution is 0.0697. The van der Waals surface area contributed by atoms with Crippen LogP contribution in [0, 0.1) is 19.3 Å². The van der Waals surface area contributed by atoms with Gasteiger partial charge in [-0.3, -0.25) is 4.79 Å². The van der Waals surface area contributed by atoms with E-state index in [1.165, 1.54) is 0 Å². The molecule has 4 rings (SSSR count). The number of benzene rings is 2. The van der Waals surface area contributed by atoms with Gasteiger partial charge < -0.3 is 19.7 Å². The third kappa shape index (κ3) is 4.75. The van der Waals surface area contributed by atoms with Crippen molar-refractivity contribution in [1.82, 2.24) is 0 Å². The first-order chi connectivity index (χ1) is 15.5. The lowest BCUT2D eigenvalue weighted by Crippen LogP contribution is -2.37. The minimum atomic E-state index is -0.982. The molecule has 2 aromatic carbocycles. The fourth-order valence-corrected chi connectivity index (χ4v) is 4.50. The average Bonchev–Trinajstić information content (AvgIpc) is 2.74. The van der Waals surface area contributed by atoms with Crippen molar-refractivity contribution in [2.75, 3.05) is 23.3 Å². The number of piperidine rings is 1. The molecule has 6 nitrogen and oxygen atoms in total. The molecule has 2 heterocycles. The fourth-order valence-electron chi connectivity index (χ4n) is 4.50. The van der Waals surface area contributed by atoms with E-state index in [1.807, 2.05) is 39.0 Å². The Kier molecular flexibility index (Phi) is 5.95. The number of anilines is 2. The zero-order valence-corrected chi connectivity index (χ0v) is 20.0. The van der Waals surface area contributed by atoms with Gasteiger partial charge in [0.2, 0.25) is 0 Å². The van der Waals surface area contributed by atoms with E-state index in [0.29, 0.717) is 28.0 Å². The molecule has 1 aliphatic heterocycles. The number of carbonyl (C=O) groups is 1. The van der Waals surface area contributed by atoms with Gasteiger partial charge in [-0.25, -0.2) is 4.79 Å². The lowest BCUT2D eigenvalue weighted by atomic mass is 9.83. The van der Waals surface area contributed by atoms with E-state index >= 15 is 0 Å². The molecule has 6 heteroatoms. The Bertz CT molecular complexity index is 1270. The van der Waals surface area contributed by atoms with Gasteiger partial charge in [-0.1, -0.05) is 31.5 Å². The maximum absolute atomic E-state index is 13.1. The van der Waals surface area contributed by atoms with Gasteiger partial charge in [-0.15, -0.1) is 0 Å². The van der Waals surface area contributed by atoms with Crippen LogP contribution in [0.2, 0.25) is 0 Å². The predicted octanol–water partition coefficient (Wildman–Crippen LogP) is 5.91. The molecule has 1 fully saturated rings. The fraction of sp³-hybridized carbons (Fsp3) is 0.407. The SMILES string of the molecule is Cc1ccc(NC(C)c2cc(C)cc3c(=O)cc(N4CCC(C)(C)CC4)oc23)c(C(=O)O)c1. The molecule has 1 saturated heterocycles. The van der Waals surface area contributed by atoms with Gasteiger partial charge in [-0.05, 0) is 62.8 Å². The van der Waals surface area contributed by atoms with Crippen LogP contribution in [0.3, 0.4) is 0 Å². The molecule has 33 heavy (non-hydrogen) atoms. The molecule has 0 amide bonds. The van der Waals surface area contributed by atoms with Crippen LogP contribution in [0.1, 0.15) is 66.7 Å². The third-order valence-corrected chi connectivity index (χ3v) is 6.66. The Labute approximate surface area is 194 Å². The van der Waals surface area contributed by atoms with Crippen LogP contribution in [-0.4, -0.2) is 24.2 Å². The second-order valence-corrected chi connectivity index (χ2v) is 10.1. The van der Waals surface area contributed by atoms with Crippen LogP contribution >= 0.6 is 0 Å². The number of nitrogens with zero attached hydrogens (tertiary/aromatic N) is 1. The number of rotatable bonds is 5. The molecule has 1 aromatic heterocycles. The van der Waals surface area contributed by atoms with E-state index < -0.39 is 5.97 Å². The number of carboxylic acids is 1. The summed E-state index contributed by atoms with van der Waals surface area (Å²) in [5, 5.41) is 13.5. The molecule has 1 atom stereocenters. The Morgan fingerprint density at radius 2 is 1.79 bits per heavy atom. The molecule has 0 saturated carbocycles. The van der Waals surface area contributed by atoms with Crippen LogP contribution in [-0.2, 0) is 0 Å². The van der Waals surface area contributed by atoms with Gasteiger partial charge in [0.05, 0.1) is 17.0 Å². The van der Waals surface area contributed by atoms with Gasteiger partial charge in [0.1, 0.15) is 5.58 Å². The number of hydrogen-bond donors (Lipinski definition) is 2. The van der Waals surface area contributed by atoms with Crippen LogP contribution in [0.25, 0.3) is 11.0 Å². The smallest absolute Gasteiger partial charge is 0.337 e. The molecule has 0 bridgehead atoms. The number of hydrogen-bond acceptors (Lipinski definition) is 5. The maximum atomic E-state index is 13.1. The predicted molar refractivity (Wildman–Crippen MR) is 133 cm³/mol. The van der Waals surface area contributed by atoms with E-state index in [9.17, 15) is 14.7 Å². The van der Waals surface area contributed by atoms with Gasteiger partial charge in [0.15, 0.2) is 11.3 Å². The second kappa shape index (κ2) is 8.58. The number of nitrogens with one attached hydrogen (secondary N) is 1. The number of aryl methyl sites for hydroxylation is 2. The van der Waals surface area contributed by atoms with E-state index in [1.54, 1.807) is 18.2 Å². The monoisotopic (exact) mass is 448 g/mol. The normalized spacial score (nSPS) is 16.6. The summed E-state index contributed by atoms with van der Waals surface area (Å²) >= 11 is 0. The summed E-state index contributed by atoms with van der Waals surface area (Å²) in [6, 6.07) is 10.5. The van der Waals surface area contributed by atoms with Gasteiger partial charge in [0.25, 0.3) is 0 Å². The average molecular weight is 449 g/mol. The van der Waals surface area contributed by atoms with Gasteiger partial charge >= 0.3 is 5.97 Å². The molecule has 0 radical (unpaired) electrons. The highest BCUT2D eigenvalue weighted by molar-refractivity contribution is 5.94. The molecule has 174 valence electrons. The standard InChI is InChI=1S/C27H32N2O4/c1-16-6-7-22(20(12-16)26(31)32)28-18(3)19-13-17(2)14-21-23(30)15-24(33-25(19)21)29-10-8-27(4,5)9-11-29/h6-7,12-15,18,28H,8-11H2,1-5H3,(H,31,32). The molecular formula is C27H32N2O4. The summed E-state index contributed by atoms with van der Waals surface area (Å²) in [7, 11) is 0. The van der Waals surface area contributed by atoms with E-state index in [0.717, 1.165) is 42.6 Å². The summed E-state index contributed by atoms with van der Waals surface area (Å²) < 4.78 is 6.36. The second-order valence-electron chi connectivity index (χ2n) is 10.1. The highest BCUT2D eigenvalue weighted by Crippen LogP contribution is 2.34. The minimum absolute atomic E-state index is 0.0604. The molecule has 0 spiro atoms. The van der Waals surface area contributed by atoms with Crippen LogP contribution in [0.15, 0.2) is 45.6 Å². The first kappa shape index (κ1) is 22.9. The van der Waals surface area contributed by atoms with Crippen molar-refractivity contribution < 1.29 is 14.3 Å². The Hall–Kier alpha value is -3.28. The first-order valence-corrected chi connectivity index (χ1v) is 11.5. The molecule has 1 aliphatic rings. The topological polar surface area (TPSA) is 82.8 Å². The molecule has 3 aromatic rings. The van der Waals surface area contributed by atoms with E-state index in [4.69, 9.17) is 4.42 Å². The van der Waals surface area contributed by atoms with Crippen molar-refractivity contribution in [3.8, 4) is 0 Å². The quantitative estimate of drug-likeness (QED) is 0.505. The maximum Gasteiger partial charge on any atom is 0.337 e. The number of aromatic carboxylic acids is 1. The van der Waals surface area contributed by atoms with Crippen molar-refractivity contribution in [2.45, 2.75) is 53.5 Å². The van der Waals surface area contributed by atoms with Crippen LogP contribution in [0.4, 0.5) is 11.6 Å². The van der Waals surface area contributed by atoms with E-state index in [-0.39, 0.29) is 17.0 Å². The Morgan fingerprint density at radius 3 is 2.45 bits per heavy atom. The van der Waals surface area contributed by atoms with Crippen LogP contribution < -0.4 is 15.6 Å². The van der Waals surface area contributed by atoms with Crippen LogP contribution in [0.5, 0.6) is 0 Å². The number of fused-ring (bicyclic) bond motifs is 1. The van der Waals surface area contributed by atoms with E-state index in [2.05, 4.69) is 24.1 Å². The summed E-state index contributed by atoms with van der Waals surface area (Å²) in [4.78, 5) is 27.0. The highest BCUT2D eigenvalue weighted by atomic mass is 16.4. The van der Waals surface area contributed by atoms with Crippen molar-refractivity contribution >= 4 is 28.5 Å². The summed E-state index contributed by atoms with van der Waals surface area (Å²) in [6.07, 6.45) is 2.08. The number of carboxylic acid groups (broad SMARTS) is 1. The lowest BCUT2D eigenvalue weighted by Gasteiger charge is -2.37. The molecule has 2 N–H and O–H groups in total. The van der Waals surface area contributed by atoms with Crippen molar-refractivity contribution in [3.63, 3.8) is 0 Å². The first-order valence-electron chi connectivity index (χ1n) is 11.5. The van der Waals surface area contributed by atoms with Crippen molar-refractivity contribution in [1.29, 1.82) is 0 Å². The summed E-state index contributed by atoms with van der Waals surface area (Å²) in [5.41, 5.74) is 4.21. The molecule has 1 unspecified atom stereocenters. The Morgan fingerprint density at radius 1 is 1.09 bits per heavy atom. The molecular weight excluding hydrogens is 416 g/mol. The third-order valence-electron chi connectivity index (χ3n) is 6.66. The zero-order chi connectivity index (χ0) is 23.9. The van der Waals surface area contributed by atoms with Gasteiger partial charge in [0, 0.05) is 30.4 Å². The molecule has 0 aliphatic carbocycles. The Balaban J connectivity index is 1.75. The summed E-state index contributed by atoms with van der Waals surface area (Å²) in [6.45, 7) is 12.0. The minimum Gasteiger partial charge on any atom is -0.478 e. The summed E-state index contributed by atoms with van der Waals surface area (Å²) in [5.74, 6) is -0.383. The highest BCUT2D eigenvalue weighted by Gasteiger charge is 2.27. The van der Waals surface area contributed by atoms with Gasteiger partial charge in [-0.2, -0.15) is 0 Å². The largest absolute Gasteiger partial charge is 0.478 e. The zero-order valence-electron chi connectivity index (χ0n) is 20.0.